The Labute approximate surface area is 169 Å². The molecule has 1 saturated heterocycles. The highest BCUT2D eigenvalue weighted by atomic mass is 16.7. The van der Waals surface area contributed by atoms with Crippen molar-refractivity contribution in [1.82, 2.24) is 9.88 Å². The number of benzene rings is 2. The van der Waals surface area contributed by atoms with Gasteiger partial charge in [-0.3, -0.25) is 4.79 Å². The van der Waals surface area contributed by atoms with Crippen molar-refractivity contribution in [3.63, 3.8) is 0 Å². The molecule has 148 valence electrons. The van der Waals surface area contributed by atoms with E-state index in [0.29, 0.717) is 13.2 Å². The molecular weight excluding hydrogens is 366 g/mol. The van der Waals surface area contributed by atoms with Gasteiger partial charge in [-0.1, -0.05) is 30.3 Å². The highest BCUT2D eigenvalue weighted by Gasteiger charge is 2.42. The van der Waals surface area contributed by atoms with Crippen LogP contribution < -0.4 is 4.90 Å². The van der Waals surface area contributed by atoms with E-state index in [4.69, 9.17) is 9.47 Å². The van der Waals surface area contributed by atoms with E-state index < -0.39 is 0 Å². The van der Waals surface area contributed by atoms with E-state index in [9.17, 15) is 4.79 Å². The van der Waals surface area contributed by atoms with Crippen molar-refractivity contribution in [3.8, 4) is 0 Å². The normalized spacial score (nSPS) is 21.4. The summed E-state index contributed by atoms with van der Waals surface area (Å²) in [6.45, 7) is 2.79. The first kappa shape index (κ1) is 17.1. The van der Waals surface area contributed by atoms with Crippen LogP contribution in [0.1, 0.15) is 34.2 Å². The van der Waals surface area contributed by atoms with Crippen LogP contribution in [0, 0.1) is 0 Å². The van der Waals surface area contributed by atoms with Crippen LogP contribution in [-0.2, 0) is 15.9 Å². The lowest BCUT2D eigenvalue weighted by Crippen LogP contribution is -2.52. The van der Waals surface area contributed by atoms with Gasteiger partial charge in [-0.25, -0.2) is 0 Å². The molecule has 6 rings (SSSR count). The zero-order valence-electron chi connectivity index (χ0n) is 16.1. The summed E-state index contributed by atoms with van der Waals surface area (Å²) in [4.78, 5) is 21.3. The summed E-state index contributed by atoms with van der Waals surface area (Å²) in [6, 6.07) is 16.3. The van der Waals surface area contributed by atoms with Crippen molar-refractivity contribution < 1.29 is 14.3 Å². The Morgan fingerprint density at radius 1 is 1.03 bits per heavy atom. The SMILES string of the molecule is O=C1c2ccccc2N(CCC2OCCO2)C2c3[nH]c4ccccc4c3CCN12. The van der Waals surface area contributed by atoms with Gasteiger partial charge in [0.2, 0.25) is 0 Å². The quantitative estimate of drug-likeness (QED) is 0.746. The first-order valence-electron chi connectivity index (χ1n) is 10.3. The second-order valence-electron chi connectivity index (χ2n) is 7.86. The minimum atomic E-state index is -0.168. The van der Waals surface area contributed by atoms with Crippen LogP contribution in [0.25, 0.3) is 10.9 Å². The van der Waals surface area contributed by atoms with Crippen molar-refractivity contribution in [3.05, 3.63) is 65.4 Å². The van der Waals surface area contributed by atoms with Gasteiger partial charge < -0.3 is 24.3 Å². The van der Waals surface area contributed by atoms with Crippen molar-refractivity contribution in [1.29, 1.82) is 0 Å². The maximum absolute atomic E-state index is 13.3. The number of amides is 1. The topological polar surface area (TPSA) is 57.8 Å². The third-order valence-electron chi connectivity index (χ3n) is 6.30. The molecule has 1 atom stereocenters. The average molecular weight is 389 g/mol. The summed E-state index contributed by atoms with van der Waals surface area (Å²) < 4.78 is 11.3. The lowest BCUT2D eigenvalue weighted by Gasteiger charge is -2.47. The number of para-hydroxylation sites is 2. The molecule has 0 aliphatic carbocycles. The van der Waals surface area contributed by atoms with Crippen molar-refractivity contribution in [2.45, 2.75) is 25.3 Å². The van der Waals surface area contributed by atoms with Crippen LogP contribution in [0.5, 0.6) is 0 Å². The molecular formula is C23H23N3O3. The second kappa shape index (κ2) is 6.61. The van der Waals surface area contributed by atoms with E-state index in [1.165, 1.54) is 10.9 Å². The molecule has 1 unspecified atom stereocenters. The maximum Gasteiger partial charge on any atom is 0.257 e. The maximum atomic E-state index is 13.3. The number of carbonyl (C=O) groups is 1. The van der Waals surface area contributed by atoms with Crippen molar-refractivity contribution >= 4 is 22.5 Å². The number of nitrogens with zero attached hydrogens (tertiary/aromatic N) is 2. The van der Waals surface area contributed by atoms with Crippen molar-refractivity contribution in [2.24, 2.45) is 0 Å². The lowest BCUT2D eigenvalue weighted by atomic mass is 9.95. The third-order valence-corrected chi connectivity index (χ3v) is 6.30. The molecule has 1 fully saturated rings. The molecule has 4 heterocycles. The molecule has 3 aliphatic heterocycles. The highest BCUT2D eigenvalue weighted by Crippen LogP contribution is 2.43. The summed E-state index contributed by atoms with van der Waals surface area (Å²) in [5, 5.41) is 1.26. The first-order valence-corrected chi connectivity index (χ1v) is 10.3. The molecule has 1 amide bonds. The average Bonchev–Trinajstić information content (AvgIpc) is 3.41. The van der Waals surface area contributed by atoms with E-state index in [2.05, 4.69) is 40.2 Å². The number of aromatic amines is 1. The number of carbonyl (C=O) groups excluding carboxylic acids is 1. The highest BCUT2D eigenvalue weighted by molar-refractivity contribution is 6.02. The van der Waals surface area contributed by atoms with Gasteiger partial charge in [0.1, 0.15) is 6.17 Å². The minimum Gasteiger partial charge on any atom is -0.355 e. The van der Waals surface area contributed by atoms with E-state index in [-0.39, 0.29) is 18.4 Å². The number of ether oxygens (including phenoxy) is 2. The lowest BCUT2D eigenvalue weighted by molar-refractivity contribution is -0.0457. The van der Waals surface area contributed by atoms with E-state index in [0.717, 1.165) is 48.4 Å². The van der Waals surface area contributed by atoms with Gasteiger partial charge in [0.25, 0.3) is 5.91 Å². The number of nitrogens with one attached hydrogen (secondary N) is 1. The first-order chi connectivity index (χ1) is 14.3. The Bertz CT molecular complexity index is 1090. The number of aromatic nitrogens is 1. The standard InChI is InChI=1S/C23H23N3O3/c27-23-17-6-2-4-8-19(17)25(12-10-20-28-13-14-29-20)22-21-16(9-11-26(22)23)15-5-1-3-7-18(15)24-21/h1-8,20,22,24H,9-14H2. The molecule has 3 aliphatic rings. The Morgan fingerprint density at radius 2 is 1.83 bits per heavy atom. The molecule has 6 heteroatoms. The van der Waals surface area contributed by atoms with Gasteiger partial charge in [-0.15, -0.1) is 0 Å². The number of H-pyrrole nitrogens is 1. The summed E-state index contributed by atoms with van der Waals surface area (Å²) in [6.07, 6.45) is 1.34. The fraction of sp³-hybridized carbons (Fsp3) is 0.348. The fourth-order valence-electron chi connectivity index (χ4n) is 5.01. The Balaban J connectivity index is 1.47. The van der Waals surface area contributed by atoms with Gasteiger partial charge in [0, 0.05) is 30.4 Å². The molecule has 1 aromatic heterocycles. The van der Waals surface area contributed by atoms with E-state index in [1.807, 2.05) is 23.1 Å². The summed E-state index contributed by atoms with van der Waals surface area (Å²) in [7, 11) is 0. The van der Waals surface area contributed by atoms with Gasteiger partial charge in [-0.05, 0) is 30.2 Å². The largest absolute Gasteiger partial charge is 0.355 e. The predicted molar refractivity (Wildman–Crippen MR) is 110 cm³/mol. The smallest absolute Gasteiger partial charge is 0.257 e. The predicted octanol–water partition coefficient (Wildman–Crippen LogP) is 3.45. The number of fused-ring (bicyclic) bond motifs is 6. The third kappa shape index (κ3) is 2.59. The molecule has 3 aromatic rings. The fourth-order valence-corrected chi connectivity index (χ4v) is 5.01. The van der Waals surface area contributed by atoms with Crippen LogP contribution in [0.2, 0.25) is 0 Å². The molecule has 1 N–H and O–H groups in total. The molecule has 6 nitrogen and oxygen atoms in total. The number of rotatable bonds is 3. The number of hydrogen-bond donors (Lipinski definition) is 1. The Morgan fingerprint density at radius 3 is 2.72 bits per heavy atom. The number of anilines is 1. The monoisotopic (exact) mass is 389 g/mol. The Kier molecular flexibility index (Phi) is 3.89. The zero-order valence-corrected chi connectivity index (χ0v) is 16.1. The van der Waals surface area contributed by atoms with Crippen LogP contribution >= 0.6 is 0 Å². The number of hydrogen-bond acceptors (Lipinski definition) is 4. The van der Waals surface area contributed by atoms with Crippen LogP contribution in [0.15, 0.2) is 48.5 Å². The van der Waals surface area contributed by atoms with E-state index >= 15 is 0 Å². The molecule has 0 radical (unpaired) electrons. The van der Waals surface area contributed by atoms with Crippen LogP contribution in [-0.4, -0.2) is 48.4 Å². The molecule has 29 heavy (non-hydrogen) atoms. The minimum absolute atomic E-state index is 0.111. The molecule has 0 bridgehead atoms. The van der Waals surface area contributed by atoms with E-state index in [1.54, 1.807) is 0 Å². The summed E-state index contributed by atoms with van der Waals surface area (Å²) in [5.74, 6) is 0.111. The van der Waals surface area contributed by atoms with Gasteiger partial charge in [0.05, 0.1) is 30.2 Å². The van der Waals surface area contributed by atoms with Gasteiger partial charge in [0.15, 0.2) is 6.29 Å². The van der Waals surface area contributed by atoms with Crippen LogP contribution in [0.3, 0.4) is 0 Å². The zero-order chi connectivity index (χ0) is 19.4. The van der Waals surface area contributed by atoms with Crippen molar-refractivity contribution in [2.75, 3.05) is 31.2 Å². The van der Waals surface area contributed by atoms with Gasteiger partial charge in [-0.2, -0.15) is 0 Å². The molecule has 2 aromatic carbocycles. The van der Waals surface area contributed by atoms with Gasteiger partial charge >= 0.3 is 0 Å². The molecule has 0 saturated carbocycles. The molecule has 0 spiro atoms. The van der Waals surface area contributed by atoms with Crippen LogP contribution in [0.4, 0.5) is 5.69 Å². The second-order valence-corrected chi connectivity index (χ2v) is 7.86. The Hall–Kier alpha value is -2.83. The summed E-state index contributed by atoms with van der Waals surface area (Å²) >= 11 is 0. The summed E-state index contributed by atoms with van der Waals surface area (Å²) in [5.41, 5.74) is 5.36.